The molecule has 0 amide bonds. The lowest BCUT2D eigenvalue weighted by atomic mass is 10.1. The zero-order valence-corrected chi connectivity index (χ0v) is 14.9. The molecule has 0 aliphatic carbocycles. The normalized spacial score (nSPS) is 11.1. The van der Waals surface area contributed by atoms with E-state index in [9.17, 15) is 13.2 Å². The van der Waals surface area contributed by atoms with E-state index in [0.717, 1.165) is 17.4 Å². The maximum Gasteiger partial charge on any atom is 0.338 e. The zero-order chi connectivity index (χ0) is 18.3. The molecular weight excluding hydrogens is 344 g/mol. The van der Waals surface area contributed by atoms with Crippen molar-refractivity contribution in [3.05, 3.63) is 65.2 Å². The topological polar surface area (TPSA) is 78.9 Å². The fraction of sp³-hybridized carbons (Fsp3) is 0.278. The van der Waals surface area contributed by atoms with Gasteiger partial charge in [-0.15, -0.1) is 0 Å². The Hall–Kier alpha value is -2.38. The van der Waals surface area contributed by atoms with Gasteiger partial charge >= 0.3 is 5.97 Å². The van der Waals surface area contributed by atoms with Crippen molar-refractivity contribution in [1.82, 2.24) is 0 Å². The van der Waals surface area contributed by atoms with Crippen molar-refractivity contribution < 1.29 is 26.9 Å². The van der Waals surface area contributed by atoms with Gasteiger partial charge in [-0.05, 0) is 30.2 Å². The van der Waals surface area contributed by atoms with Crippen molar-refractivity contribution in [2.24, 2.45) is 0 Å². The lowest BCUT2D eigenvalue weighted by molar-refractivity contribution is 0.0597. The van der Waals surface area contributed by atoms with E-state index in [-0.39, 0.29) is 13.2 Å². The molecule has 0 radical (unpaired) electrons. The average molecular weight is 364 g/mol. The van der Waals surface area contributed by atoms with Crippen molar-refractivity contribution in [3.8, 4) is 5.75 Å². The highest BCUT2D eigenvalue weighted by molar-refractivity contribution is 7.85. The molecule has 0 atom stereocenters. The van der Waals surface area contributed by atoms with Crippen LogP contribution in [0.1, 0.15) is 21.5 Å². The van der Waals surface area contributed by atoms with Crippen LogP contribution in [-0.2, 0) is 32.1 Å². The van der Waals surface area contributed by atoms with E-state index < -0.39 is 16.1 Å². The molecule has 25 heavy (non-hydrogen) atoms. The predicted octanol–water partition coefficient (Wildman–Crippen LogP) is 2.57. The van der Waals surface area contributed by atoms with Crippen molar-refractivity contribution >= 4 is 16.1 Å². The highest BCUT2D eigenvalue weighted by Gasteiger charge is 2.11. The Morgan fingerprint density at radius 3 is 2.36 bits per heavy atom. The quantitative estimate of drug-likeness (QED) is 0.529. The van der Waals surface area contributed by atoms with Crippen molar-refractivity contribution in [3.63, 3.8) is 0 Å². The fourth-order valence-corrected chi connectivity index (χ4v) is 2.57. The van der Waals surface area contributed by atoms with Gasteiger partial charge in [0.25, 0.3) is 10.1 Å². The zero-order valence-electron chi connectivity index (χ0n) is 14.1. The number of methoxy groups -OCH3 is 1. The summed E-state index contributed by atoms with van der Waals surface area (Å²) in [5, 5.41) is 0. The number of hydrogen-bond donors (Lipinski definition) is 0. The summed E-state index contributed by atoms with van der Waals surface area (Å²) < 4.78 is 37.0. The molecule has 0 aliphatic rings. The number of rotatable bonds is 8. The molecule has 2 aromatic rings. The van der Waals surface area contributed by atoms with E-state index in [4.69, 9.17) is 13.7 Å². The van der Waals surface area contributed by atoms with Crippen LogP contribution in [0.2, 0.25) is 0 Å². The summed E-state index contributed by atoms with van der Waals surface area (Å²) in [5.74, 6) is 0.243. The third kappa shape index (κ3) is 6.21. The van der Waals surface area contributed by atoms with Crippen LogP contribution in [0.5, 0.6) is 5.75 Å². The van der Waals surface area contributed by atoms with Crippen molar-refractivity contribution in [1.29, 1.82) is 0 Å². The van der Waals surface area contributed by atoms with Gasteiger partial charge in [0, 0.05) is 5.56 Å². The predicted molar refractivity (Wildman–Crippen MR) is 93.1 cm³/mol. The number of ether oxygens (including phenoxy) is 2. The molecule has 2 aromatic carbocycles. The van der Waals surface area contributed by atoms with Gasteiger partial charge < -0.3 is 9.47 Å². The molecule has 0 heterocycles. The standard InChI is InChI=1S/C18H20O6S/c1-22-18(19)17-6-4-3-5-15(17)13-23-16-9-7-14(8-10-16)11-12-24-25(2,20)21/h3-10H,11-13H2,1-2H3. The van der Waals surface area contributed by atoms with E-state index >= 15 is 0 Å². The monoisotopic (exact) mass is 364 g/mol. The first-order valence-electron chi connectivity index (χ1n) is 7.61. The van der Waals surface area contributed by atoms with Gasteiger partial charge in [0.2, 0.25) is 0 Å². The van der Waals surface area contributed by atoms with Crippen LogP contribution in [0.3, 0.4) is 0 Å². The number of benzene rings is 2. The Labute approximate surface area is 147 Å². The Bertz CT molecular complexity index is 812. The summed E-state index contributed by atoms with van der Waals surface area (Å²) in [5.41, 5.74) is 2.14. The van der Waals surface area contributed by atoms with E-state index in [1.165, 1.54) is 7.11 Å². The van der Waals surface area contributed by atoms with Gasteiger partial charge in [0.05, 0.1) is 25.5 Å². The Morgan fingerprint density at radius 1 is 1.04 bits per heavy atom. The van der Waals surface area contributed by atoms with Gasteiger partial charge in [0.1, 0.15) is 12.4 Å². The summed E-state index contributed by atoms with van der Waals surface area (Å²) in [4.78, 5) is 11.7. The molecule has 0 fully saturated rings. The molecule has 2 rings (SSSR count). The van der Waals surface area contributed by atoms with Gasteiger partial charge in [-0.1, -0.05) is 30.3 Å². The summed E-state index contributed by atoms with van der Waals surface area (Å²) in [6, 6.07) is 14.4. The molecule has 0 aromatic heterocycles. The molecule has 0 saturated heterocycles. The maximum absolute atomic E-state index is 11.7. The summed E-state index contributed by atoms with van der Waals surface area (Å²) in [7, 11) is -2.08. The molecule has 7 heteroatoms. The summed E-state index contributed by atoms with van der Waals surface area (Å²) in [6.45, 7) is 0.341. The molecule has 0 bridgehead atoms. The first-order chi connectivity index (χ1) is 11.9. The number of carbonyl (C=O) groups is 1. The molecule has 0 unspecified atom stereocenters. The second kappa shape index (κ2) is 8.64. The molecular formula is C18H20O6S. The Kier molecular flexibility index (Phi) is 6.55. The summed E-state index contributed by atoms with van der Waals surface area (Å²) >= 11 is 0. The average Bonchev–Trinajstić information content (AvgIpc) is 2.59. The van der Waals surface area contributed by atoms with Crippen molar-refractivity contribution in [2.75, 3.05) is 20.0 Å². The van der Waals surface area contributed by atoms with Gasteiger partial charge in [0.15, 0.2) is 0 Å². The Balaban J connectivity index is 1.93. The lowest BCUT2D eigenvalue weighted by Crippen LogP contribution is -2.08. The molecule has 0 N–H and O–H groups in total. The van der Waals surface area contributed by atoms with Gasteiger partial charge in [-0.2, -0.15) is 8.42 Å². The minimum Gasteiger partial charge on any atom is -0.489 e. The molecule has 6 nitrogen and oxygen atoms in total. The highest BCUT2D eigenvalue weighted by atomic mass is 32.2. The van der Waals surface area contributed by atoms with Crippen LogP contribution in [0.4, 0.5) is 0 Å². The van der Waals surface area contributed by atoms with E-state index in [1.54, 1.807) is 24.3 Å². The fourth-order valence-electron chi connectivity index (χ4n) is 2.18. The second-order valence-corrected chi connectivity index (χ2v) is 7.00. The molecule has 134 valence electrons. The minimum atomic E-state index is -3.42. The molecule has 0 saturated carbocycles. The first-order valence-corrected chi connectivity index (χ1v) is 9.43. The first kappa shape index (κ1) is 19.0. The van der Waals surface area contributed by atoms with Crippen LogP contribution in [-0.4, -0.2) is 34.4 Å². The maximum atomic E-state index is 11.7. The van der Waals surface area contributed by atoms with Gasteiger partial charge in [-0.25, -0.2) is 4.79 Å². The smallest absolute Gasteiger partial charge is 0.338 e. The van der Waals surface area contributed by atoms with Crippen LogP contribution >= 0.6 is 0 Å². The minimum absolute atomic E-state index is 0.103. The van der Waals surface area contributed by atoms with E-state index in [1.807, 2.05) is 24.3 Å². The molecule has 0 aliphatic heterocycles. The second-order valence-electron chi connectivity index (χ2n) is 5.36. The summed E-state index contributed by atoms with van der Waals surface area (Å²) in [6.07, 6.45) is 1.51. The Morgan fingerprint density at radius 2 is 1.72 bits per heavy atom. The van der Waals surface area contributed by atoms with Crippen LogP contribution < -0.4 is 4.74 Å². The number of hydrogen-bond acceptors (Lipinski definition) is 6. The molecule has 0 spiro atoms. The van der Waals surface area contributed by atoms with Crippen molar-refractivity contribution in [2.45, 2.75) is 13.0 Å². The SMILES string of the molecule is COC(=O)c1ccccc1COc1ccc(CCOS(C)(=O)=O)cc1. The van der Waals surface area contributed by atoms with E-state index in [0.29, 0.717) is 17.7 Å². The third-order valence-electron chi connectivity index (χ3n) is 3.43. The number of carbonyl (C=O) groups excluding carboxylic acids is 1. The number of esters is 1. The van der Waals surface area contributed by atoms with Crippen LogP contribution in [0.25, 0.3) is 0 Å². The van der Waals surface area contributed by atoms with Crippen LogP contribution in [0, 0.1) is 0 Å². The van der Waals surface area contributed by atoms with E-state index in [2.05, 4.69) is 0 Å². The lowest BCUT2D eigenvalue weighted by Gasteiger charge is -2.10. The van der Waals surface area contributed by atoms with Crippen LogP contribution in [0.15, 0.2) is 48.5 Å². The highest BCUT2D eigenvalue weighted by Crippen LogP contribution is 2.17. The van der Waals surface area contributed by atoms with Gasteiger partial charge in [-0.3, -0.25) is 4.18 Å². The third-order valence-corrected chi connectivity index (χ3v) is 4.02. The largest absolute Gasteiger partial charge is 0.489 e.